The molecule has 1 heterocycles. The van der Waals surface area contributed by atoms with Crippen LogP contribution in [0.25, 0.3) is 0 Å². The van der Waals surface area contributed by atoms with Crippen molar-refractivity contribution in [3.63, 3.8) is 0 Å². The summed E-state index contributed by atoms with van der Waals surface area (Å²) in [5, 5.41) is 12.5. The maximum atomic E-state index is 10.1. The Morgan fingerprint density at radius 2 is 2.45 bits per heavy atom. The number of nitro groups is 1. The molecule has 0 atom stereocenters. The van der Waals surface area contributed by atoms with Gasteiger partial charge in [-0.1, -0.05) is 0 Å². The first-order valence-corrected chi connectivity index (χ1v) is 2.56. The summed E-state index contributed by atoms with van der Waals surface area (Å²) in [5.41, 5.74) is 1.56. The van der Waals surface area contributed by atoms with Crippen molar-refractivity contribution < 1.29 is 9.76 Å². The van der Waals surface area contributed by atoms with Gasteiger partial charge in [0, 0.05) is 0 Å². The molecule has 0 saturated carbocycles. The molecule has 0 radical (unpaired) electrons. The van der Waals surface area contributed by atoms with E-state index in [1.165, 1.54) is 0 Å². The van der Waals surface area contributed by atoms with Crippen LogP contribution in [0.15, 0.2) is 29.0 Å². The van der Waals surface area contributed by atoms with Gasteiger partial charge in [0.1, 0.15) is 6.26 Å². The molecule has 1 aliphatic heterocycles. The highest BCUT2D eigenvalue weighted by atomic mass is 16.7. The molecule has 0 aliphatic carbocycles. The Bertz CT molecular complexity index is 256. The maximum absolute atomic E-state index is 10.1. The van der Waals surface area contributed by atoms with Crippen LogP contribution in [0.5, 0.6) is 0 Å². The molecule has 1 rings (SSSR count). The summed E-state index contributed by atoms with van der Waals surface area (Å²) in [6, 6.07) is 0. The largest absolute Gasteiger partial charge is 0.388 e. The Morgan fingerprint density at radius 3 is 2.91 bits per heavy atom. The van der Waals surface area contributed by atoms with Gasteiger partial charge < -0.3 is 4.84 Å². The Balaban J connectivity index is 3.01. The number of hydrogen-bond acceptors (Lipinski definition) is 6. The number of allylic oxidation sites excluding steroid dienone is 1. The zero-order chi connectivity index (χ0) is 8.27. The third kappa shape index (κ3) is 1.31. The molecule has 11 heavy (non-hydrogen) atoms. The molecular weight excluding hydrogens is 154 g/mol. The fourth-order valence-electron chi connectivity index (χ4n) is 0.532. The van der Waals surface area contributed by atoms with Crippen LogP contribution in [-0.4, -0.2) is 4.92 Å². The number of nitroso groups, excluding NO2 is 1. The lowest BCUT2D eigenvalue weighted by Crippen LogP contribution is -2.17. The number of hydrogen-bond donors (Lipinski definition) is 1. The number of hydroxylamine groups is 1. The minimum absolute atomic E-state index is 0.411. The van der Waals surface area contributed by atoms with Crippen molar-refractivity contribution in [2.24, 2.45) is 5.18 Å². The molecule has 58 valence electrons. The quantitative estimate of drug-likeness (QED) is 0.352. The summed E-state index contributed by atoms with van der Waals surface area (Å²) in [4.78, 5) is 23.6. The van der Waals surface area contributed by atoms with Gasteiger partial charge in [-0.15, -0.1) is 4.91 Å². The Labute approximate surface area is 60.4 Å². The second-order valence-electron chi connectivity index (χ2n) is 1.60. The Morgan fingerprint density at radius 1 is 1.73 bits per heavy atom. The smallest absolute Gasteiger partial charge is 0.321 e. The van der Waals surface area contributed by atoms with Gasteiger partial charge in [0.05, 0.1) is 11.0 Å². The lowest BCUT2D eigenvalue weighted by molar-refractivity contribution is -0.421. The van der Waals surface area contributed by atoms with E-state index in [-0.39, 0.29) is 0 Å². The van der Waals surface area contributed by atoms with E-state index in [2.05, 4.69) is 10.0 Å². The standard InChI is InChI=1S/C4H3N3O4/c8-5-4-3(7(9)10)1-2-11-6-4/h1-2,6H. The highest BCUT2D eigenvalue weighted by Gasteiger charge is 2.19. The monoisotopic (exact) mass is 157 g/mol. The zero-order valence-electron chi connectivity index (χ0n) is 5.18. The SMILES string of the molecule is O=NC1=C([N+](=O)[O-])C=CON1. The van der Waals surface area contributed by atoms with E-state index in [1.807, 2.05) is 5.48 Å². The van der Waals surface area contributed by atoms with E-state index < -0.39 is 16.4 Å². The predicted molar refractivity (Wildman–Crippen MR) is 33.2 cm³/mol. The average Bonchev–Trinajstić information content (AvgIpc) is 2.04. The van der Waals surface area contributed by atoms with E-state index in [9.17, 15) is 15.0 Å². The predicted octanol–water partition coefficient (Wildman–Crippen LogP) is 0.247. The van der Waals surface area contributed by atoms with E-state index in [1.54, 1.807) is 0 Å². The van der Waals surface area contributed by atoms with E-state index in [4.69, 9.17) is 0 Å². The number of nitrogens with one attached hydrogen (secondary N) is 1. The Hall–Kier alpha value is -1.92. The van der Waals surface area contributed by atoms with E-state index in [0.717, 1.165) is 12.3 Å². The number of nitrogens with zero attached hydrogens (tertiary/aromatic N) is 2. The third-order valence-corrected chi connectivity index (χ3v) is 0.980. The molecule has 0 unspecified atom stereocenters. The van der Waals surface area contributed by atoms with Crippen molar-refractivity contribution in [3.8, 4) is 0 Å². The van der Waals surface area contributed by atoms with Gasteiger partial charge in [0.25, 0.3) is 5.82 Å². The summed E-state index contributed by atoms with van der Waals surface area (Å²) in [6.07, 6.45) is 2.08. The van der Waals surface area contributed by atoms with Crippen molar-refractivity contribution in [2.75, 3.05) is 0 Å². The van der Waals surface area contributed by atoms with Gasteiger partial charge in [-0.05, 0) is 5.18 Å². The summed E-state index contributed by atoms with van der Waals surface area (Å²) >= 11 is 0. The van der Waals surface area contributed by atoms with Crippen molar-refractivity contribution in [3.05, 3.63) is 38.9 Å². The van der Waals surface area contributed by atoms with Crippen LogP contribution in [0.1, 0.15) is 0 Å². The van der Waals surface area contributed by atoms with Crippen LogP contribution in [-0.2, 0) is 4.84 Å². The van der Waals surface area contributed by atoms with E-state index in [0.29, 0.717) is 0 Å². The average molecular weight is 157 g/mol. The molecule has 0 aromatic heterocycles. The van der Waals surface area contributed by atoms with Crippen LogP contribution in [0.2, 0.25) is 0 Å². The van der Waals surface area contributed by atoms with Gasteiger partial charge in [-0.25, -0.2) is 0 Å². The van der Waals surface area contributed by atoms with Gasteiger partial charge in [0.15, 0.2) is 0 Å². The van der Waals surface area contributed by atoms with Crippen molar-refractivity contribution >= 4 is 0 Å². The van der Waals surface area contributed by atoms with E-state index >= 15 is 0 Å². The first-order valence-electron chi connectivity index (χ1n) is 2.56. The highest BCUT2D eigenvalue weighted by Crippen LogP contribution is 2.09. The summed E-state index contributed by atoms with van der Waals surface area (Å²) < 4.78 is 0. The molecule has 0 aromatic carbocycles. The van der Waals surface area contributed by atoms with Crippen LogP contribution in [0.3, 0.4) is 0 Å². The fraction of sp³-hybridized carbons (Fsp3) is 0. The minimum Gasteiger partial charge on any atom is -0.388 e. The molecule has 0 saturated heterocycles. The lowest BCUT2D eigenvalue weighted by Gasteiger charge is -2.05. The maximum Gasteiger partial charge on any atom is 0.321 e. The zero-order valence-corrected chi connectivity index (χ0v) is 5.18. The van der Waals surface area contributed by atoms with Gasteiger partial charge in [0.2, 0.25) is 0 Å². The normalized spacial score (nSPS) is 15.3. The van der Waals surface area contributed by atoms with Crippen LogP contribution < -0.4 is 5.48 Å². The first-order chi connectivity index (χ1) is 5.25. The molecule has 1 N–H and O–H groups in total. The molecule has 7 heteroatoms. The topological polar surface area (TPSA) is 93.8 Å². The summed E-state index contributed by atoms with van der Waals surface area (Å²) in [5.74, 6) is -0.433. The fourth-order valence-corrected chi connectivity index (χ4v) is 0.532. The van der Waals surface area contributed by atoms with Crippen molar-refractivity contribution in [1.29, 1.82) is 0 Å². The van der Waals surface area contributed by atoms with Crippen molar-refractivity contribution in [1.82, 2.24) is 5.48 Å². The molecule has 7 nitrogen and oxygen atoms in total. The lowest BCUT2D eigenvalue weighted by atomic mass is 10.4. The molecule has 0 fully saturated rings. The molecule has 0 spiro atoms. The second-order valence-corrected chi connectivity index (χ2v) is 1.60. The minimum atomic E-state index is -0.733. The number of rotatable bonds is 2. The Kier molecular flexibility index (Phi) is 1.81. The van der Waals surface area contributed by atoms with Gasteiger partial charge in [-0.2, -0.15) is 5.48 Å². The van der Waals surface area contributed by atoms with Crippen LogP contribution in [0.4, 0.5) is 0 Å². The molecule has 0 bridgehead atoms. The molecule has 0 amide bonds. The summed E-state index contributed by atoms with van der Waals surface area (Å²) in [6.45, 7) is 0. The van der Waals surface area contributed by atoms with Crippen LogP contribution >= 0.6 is 0 Å². The molecule has 1 aliphatic rings. The first kappa shape index (κ1) is 7.19. The third-order valence-electron chi connectivity index (χ3n) is 0.980. The molecular formula is C4H3N3O4. The van der Waals surface area contributed by atoms with Crippen molar-refractivity contribution in [2.45, 2.75) is 0 Å². The summed E-state index contributed by atoms with van der Waals surface area (Å²) in [7, 11) is 0. The van der Waals surface area contributed by atoms with Gasteiger partial charge >= 0.3 is 5.70 Å². The molecule has 0 aromatic rings. The van der Waals surface area contributed by atoms with Crippen LogP contribution in [0, 0.1) is 15.0 Å². The van der Waals surface area contributed by atoms with Gasteiger partial charge in [-0.3, -0.25) is 10.1 Å². The second kappa shape index (κ2) is 2.78. The highest BCUT2D eigenvalue weighted by molar-refractivity contribution is 5.17.